The van der Waals surface area contributed by atoms with Crippen molar-refractivity contribution in [3.8, 4) is 0 Å². The summed E-state index contributed by atoms with van der Waals surface area (Å²) in [6.07, 6.45) is 3.29. The molecule has 46 valence electrons. The van der Waals surface area contributed by atoms with Gasteiger partial charge in [-0.25, -0.2) is 0 Å². The minimum Gasteiger partial charge on any atom is -0.276 e. The van der Waals surface area contributed by atoms with Gasteiger partial charge in [0.1, 0.15) is 6.67 Å². The van der Waals surface area contributed by atoms with E-state index in [4.69, 9.17) is 11.8 Å². The molecule has 0 N–H and O–H groups in total. The second-order valence-corrected chi connectivity index (χ2v) is 2.01. The molecule has 1 heterocycles. The van der Waals surface area contributed by atoms with Crippen molar-refractivity contribution in [3.63, 3.8) is 0 Å². The minimum absolute atomic E-state index is 0.151. The molecule has 1 aliphatic heterocycles. The van der Waals surface area contributed by atoms with Gasteiger partial charge in [0.2, 0.25) is 0 Å². The molecule has 1 rings (SSSR count). The fourth-order valence-corrected chi connectivity index (χ4v) is 0.723. The molecule has 0 aromatic rings. The molecule has 0 aliphatic carbocycles. The first-order valence-corrected chi connectivity index (χ1v) is 2.62. The van der Waals surface area contributed by atoms with Crippen LogP contribution in [0.1, 0.15) is 0 Å². The highest BCUT2D eigenvalue weighted by molar-refractivity contribution is 6.14. The predicted molar refractivity (Wildman–Crippen MR) is 29.5 cm³/mol. The van der Waals surface area contributed by atoms with Crippen LogP contribution < -0.4 is 0 Å². The van der Waals surface area contributed by atoms with Gasteiger partial charge in [-0.3, -0.25) is 4.42 Å². The molecule has 0 saturated heterocycles. The summed E-state index contributed by atoms with van der Waals surface area (Å²) in [4.78, 5) is 0. The summed E-state index contributed by atoms with van der Waals surface area (Å²) < 4.78 is 13.3. The lowest BCUT2D eigenvalue weighted by Crippen LogP contribution is -2.27. The SMILES string of the molecule is FN1CC=CN(Cl)C1. The Kier molecular flexibility index (Phi) is 1.70. The lowest BCUT2D eigenvalue weighted by molar-refractivity contribution is 0.00782. The lowest BCUT2D eigenvalue weighted by Gasteiger charge is -2.19. The molecule has 0 spiro atoms. The molecular weight excluding hydrogens is 131 g/mol. The van der Waals surface area contributed by atoms with Crippen LogP contribution in [0.5, 0.6) is 0 Å². The van der Waals surface area contributed by atoms with Gasteiger partial charge in [0.25, 0.3) is 0 Å². The van der Waals surface area contributed by atoms with E-state index in [1.807, 2.05) is 0 Å². The largest absolute Gasteiger partial charge is 0.276 e. The smallest absolute Gasteiger partial charge is 0.115 e. The lowest BCUT2D eigenvalue weighted by atomic mass is 10.5. The summed E-state index contributed by atoms with van der Waals surface area (Å²) in [7, 11) is 0. The summed E-state index contributed by atoms with van der Waals surface area (Å²) in [5.74, 6) is 0. The maximum Gasteiger partial charge on any atom is 0.115 e. The van der Waals surface area contributed by atoms with Crippen molar-refractivity contribution in [1.82, 2.24) is 9.54 Å². The highest BCUT2D eigenvalue weighted by Crippen LogP contribution is 2.04. The molecule has 0 saturated carbocycles. The van der Waals surface area contributed by atoms with Crippen LogP contribution in [0.25, 0.3) is 0 Å². The Hall–Kier alpha value is -0.280. The van der Waals surface area contributed by atoms with E-state index in [-0.39, 0.29) is 6.67 Å². The zero-order valence-corrected chi connectivity index (χ0v) is 4.98. The number of hydrogen-bond donors (Lipinski definition) is 0. The van der Waals surface area contributed by atoms with Crippen LogP contribution in [0.4, 0.5) is 4.48 Å². The fraction of sp³-hybridized carbons (Fsp3) is 0.500. The molecule has 2 nitrogen and oxygen atoms in total. The molecule has 0 fully saturated rings. The van der Waals surface area contributed by atoms with E-state index in [2.05, 4.69) is 0 Å². The third-order valence-electron chi connectivity index (χ3n) is 0.859. The van der Waals surface area contributed by atoms with Gasteiger partial charge >= 0.3 is 0 Å². The van der Waals surface area contributed by atoms with Crippen molar-refractivity contribution in [2.45, 2.75) is 0 Å². The van der Waals surface area contributed by atoms with Crippen molar-refractivity contribution in [3.05, 3.63) is 12.3 Å². The fourth-order valence-electron chi connectivity index (χ4n) is 0.527. The van der Waals surface area contributed by atoms with Gasteiger partial charge in [-0.15, -0.1) is 9.60 Å². The molecule has 0 bridgehead atoms. The summed E-state index contributed by atoms with van der Waals surface area (Å²) in [6, 6.07) is 0. The zero-order valence-electron chi connectivity index (χ0n) is 4.22. The van der Waals surface area contributed by atoms with Crippen LogP contribution in [0, 0.1) is 0 Å². The van der Waals surface area contributed by atoms with Gasteiger partial charge < -0.3 is 0 Å². The maximum absolute atomic E-state index is 12.1. The summed E-state index contributed by atoms with van der Waals surface area (Å²) >= 11 is 5.38. The van der Waals surface area contributed by atoms with Crippen LogP contribution in [0.15, 0.2) is 12.3 Å². The molecule has 0 aromatic heterocycles. The van der Waals surface area contributed by atoms with E-state index in [9.17, 15) is 4.48 Å². The first kappa shape index (κ1) is 5.85. The van der Waals surface area contributed by atoms with Crippen LogP contribution in [-0.2, 0) is 0 Å². The Morgan fingerprint density at radius 1 is 1.62 bits per heavy atom. The van der Waals surface area contributed by atoms with E-state index in [1.54, 1.807) is 12.3 Å². The first-order valence-electron chi connectivity index (χ1n) is 2.29. The Bertz CT molecular complexity index is 106. The molecule has 4 heteroatoms. The normalized spacial score (nSPS) is 22.0. The van der Waals surface area contributed by atoms with Crippen LogP contribution in [0.2, 0.25) is 0 Å². The average molecular weight is 137 g/mol. The molecule has 0 amide bonds. The monoisotopic (exact) mass is 136 g/mol. The topological polar surface area (TPSA) is 6.48 Å². The molecule has 0 aromatic carbocycles. The average Bonchev–Trinajstić information content (AvgIpc) is 1.64. The van der Waals surface area contributed by atoms with E-state index in [0.29, 0.717) is 11.7 Å². The van der Waals surface area contributed by atoms with Crippen LogP contribution >= 0.6 is 11.8 Å². The number of nitrogens with zero attached hydrogens (tertiary/aromatic N) is 2. The molecule has 0 atom stereocenters. The Morgan fingerprint density at radius 2 is 2.38 bits per heavy atom. The van der Waals surface area contributed by atoms with Gasteiger partial charge in [-0.2, -0.15) is 0 Å². The van der Waals surface area contributed by atoms with Gasteiger partial charge in [0.15, 0.2) is 0 Å². The minimum atomic E-state index is 0.151. The molecule has 1 aliphatic rings. The number of rotatable bonds is 0. The van der Waals surface area contributed by atoms with Crippen molar-refractivity contribution in [2.24, 2.45) is 0 Å². The highest BCUT2D eigenvalue weighted by atomic mass is 35.5. The molecular formula is C4H6ClFN2. The maximum atomic E-state index is 12.1. The van der Waals surface area contributed by atoms with E-state index >= 15 is 0 Å². The summed E-state index contributed by atoms with van der Waals surface area (Å²) in [6.45, 7) is 0.487. The molecule has 0 radical (unpaired) electrons. The van der Waals surface area contributed by atoms with Crippen molar-refractivity contribution < 1.29 is 4.48 Å². The zero-order chi connectivity index (χ0) is 5.98. The van der Waals surface area contributed by atoms with E-state index < -0.39 is 0 Å². The summed E-state index contributed by atoms with van der Waals surface area (Å²) in [5, 5.41) is 0.618. The second kappa shape index (κ2) is 2.33. The number of halogens is 2. The third-order valence-corrected chi connectivity index (χ3v) is 1.08. The Labute approximate surface area is 52.2 Å². The Morgan fingerprint density at radius 3 is 2.75 bits per heavy atom. The van der Waals surface area contributed by atoms with Crippen LogP contribution in [0.3, 0.4) is 0 Å². The Balaban J connectivity index is 2.42. The quantitative estimate of drug-likeness (QED) is 0.461. The van der Waals surface area contributed by atoms with Gasteiger partial charge in [0.05, 0.1) is 6.54 Å². The summed E-state index contributed by atoms with van der Waals surface area (Å²) in [5.41, 5.74) is 0. The predicted octanol–water partition coefficient (Wildman–Crippen LogP) is 1.11. The molecule has 8 heavy (non-hydrogen) atoms. The van der Waals surface area contributed by atoms with Gasteiger partial charge in [0, 0.05) is 18.0 Å². The van der Waals surface area contributed by atoms with Crippen LogP contribution in [-0.4, -0.2) is 22.8 Å². The van der Waals surface area contributed by atoms with Gasteiger partial charge in [-0.1, -0.05) is 6.08 Å². The standard InChI is InChI=1S/C4H6ClFN2/c5-7-2-1-3-8(6)4-7/h1-2H,3-4H2. The number of hydrogen-bond acceptors (Lipinski definition) is 2. The van der Waals surface area contributed by atoms with Gasteiger partial charge in [-0.05, 0) is 0 Å². The van der Waals surface area contributed by atoms with Crippen molar-refractivity contribution in [1.29, 1.82) is 0 Å². The third kappa shape index (κ3) is 1.35. The van der Waals surface area contributed by atoms with Crippen molar-refractivity contribution in [2.75, 3.05) is 13.2 Å². The highest BCUT2D eigenvalue weighted by Gasteiger charge is 2.07. The molecule has 0 unspecified atom stereocenters. The second-order valence-electron chi connectivity index (χ2n) is 1.57. The van der Waals surface area contributed by atoms with Crippen molar-refractivity contribution >= 4 is 11.8 Å². The van der Waals surface area contributed by atoms with E-state index in [1.165, 1.54) is 4.42 Å². The van der Waals surface area contributed by atoms with E-state index in [0.717, 1.165) is 0 Å². The first-order chi connectivity index (χ1) is 3.79.